The number of rotatable bonds is 1. The van der Waals surface area contributed by atoms with Gasteiger partial charge >= 0.3 is 0 Å². The number of carbonyl (C=O) groups is 1. The van der Waals surface area contributed by atoms with Crippen LogP contribution in [0.15, 0.2) is 57.4 Å². The highest BCUT2D eigenvalue weighted by molar-refractivity contribution is 7.91. The van der Waals surface area contributed by atoms with E-state index in [-0.39, 0.29) is 38.1 Å². The van der Waals surface area contributed by atoms with Crippen molar-refractivity contribution in [3.8, 4) is 0 Å². The Hall–Kier alpha value is -2.67. The van der Waals surface area contributed by atoms with Crippen LogP contribution in [0.1, 0.15) is 21.5 Å². The number of hydrogen-bond donors (Lipinski definition) is 2. The quantitative estimate of drug-likeness (QED) is 0.303. The highest BCUT2D eigenvalue weighted by atomic mass is 32.2. The van der Waals surface area contributed by atoms with Gasteiger partial charge < -0.3 is 10.9 Å². The minimum absolute atomic E-state index is 0.0286. The smallest absolute Gasteiger partial charge is 0.208 e. The highest BCUT2D eigenvalue weighted by Gasteiger charge is 2.34. The molecule has 0 aromatic heterocycles. The molecule has 2 aromatic carbocycles. The largest absolute Gasteiger partial charge is 0.409 e. The molecule has 0 saturated heterocycles. The second-order valence-corrected chi connectivity index (χ2v) is 6.41. The van der Waals surface area contributed by atoms with Crippen LogP contribution in [0.25, 0.3) is 0 Å². The number of nitrogens with zero attached hydrogens (tertiary/aromatic N) is 1. The number of fused-ring (bicyclic) bond motifs is 2. The first-order valence-corrected chi connectivity index (χ1v) is 7.46. The van der Waals surface area contributed by atoms with Crippen LogP contribution < -0.4 is 5.73 Å². The molecule has 106 valence electrons. The Balaban J connectivity index is 2.35. The Morgan fingerprint density at radius 3 is 2.43 bits per heavy atom. The van der Waals surface area contributed by atoms with E-state index in [0.717, 1.165) is 0 Å². The number of benzene rings is 2. The lowest BCUT2D eigenvalue weighted by Crippen LogP contribution is -2.22. The van der Waals surface area contributed by atoms with Crippen molar-refractivity contribution in [3.05, 3.63) is 59.2 Å². The standard InChI is InChI=1S/C14H10N2O4S/c15-14(16-18)8-5-6-10-12(7-8)21(19,20)11-4-2-1-3-9(11)13(10)17/h1-7,18H,(H2,15,16). The van der Waals surface area contributed by atoms with Crippen molar-refractivity contribution in [1.29, 1.82) is 0 Å². The van der Waals surface area contributed by atoms with Crippen LogP contribution in [0.4, 0.5) is 0 Å². The molecule has 0 unspecified atom stereocenters. The van der Waals surface area contributed by atoms with Crippen LogP contribution in [0.3, 0.4) is 0 Å². The number of nitrogens with two attached hydrogens (primary N) is 1. The summed E-state index contributed by atoms with van der Waals surface area (Å²) in [5.74, 6) is -0.583. The van der Waals surface area contributed by atoms with Crippen LogP contribution in [0.2, 0.25) is 0 Å². The third-order valence-electron chi connectivity index (χ3n) is 3.34. The lowest BCUT2D eigenvalue weighted by atomic mass is 10.0. The van der Waals surface area contributed by atoms with Gasteiger partial charge in [-0.25, -0.2) is 8.42 Å². The van der Waals surface area contributed by atoms with E-state index < -0.39 is 9.84 Å². The Kier molecular flexibility index (Phi) is 2.80. The number of hydrogen-bond acceptors (Lipinski definition) is 5. The van der Waals surface area contributed by atoms with Gasteiger partial charge in [0, 0.05) is 16.7 Å². The lowest BCUT2D eigenvalue weighted by Gasteiger charge is -2.19. The number of carbonyl (C=O) groups excluding carboxylic acids is 1. The van der Waals surface area contributed by atoms with Crippen LogP contribution in [-0.4, -0.2) is 25.2 Å². The van der Waals surface area contributed by atoms with E-state index in [1.807, 2.05) is 0 Å². The molecule has 0 radical (unpaired) electrons. The minimum atomic E-state index is -3.81. The summed E-state index contributed by atoms with van der Waals surface area (Å²) >= 11 is 0. The highest BCUT2D eigenvalue weighted by Crippen LogP contribution is 2.34. The summed E-state index contributed by atoms with van der Waals surface area (Å²) in [7, 11) is -3.81. The summed E-state index contributed by atoms with van der Waals surface area (Å²) in [6, 6.07) is 10.1. The van der Waals surface area contributed by atoms with Gasteiger partial charge in [-0.1, -0.05) is 23.4 Å². The van der Waals surface area contributed by atoms with Gasteiger partial charge in [-0.2, -0.15) is 0 Å². The van der Waals surface area contributed by atoms with Crippen molar-refractivity contribution in [2.45, 2.75) is 9.79 Å². The molecular weight excluding hydrogens is 292 g/mol. The van der Waals surface area contributed by atoms with Crippen LogP contribution >= 0.6 is 0 Å². The fourth-order valence-corrected chi connectivity index (χ4v) is 3.98. The van der Waals surface area contributed by atoms with Crippen LogP contribution in [-0.2, 0) is 9.84 Å². The van der Waals surface area contributed by atoms with E-state index in [1.165, 1.54) is 30.3 Å². The molecule has 0 atom stereocenters. The first kappa shape index (κ1) is 13.3. The Morgan fingerprint density at radius 1 is 1.05 bits per heavy atom. The van der Waals surface area contributed by atoms with Gasteiger partial charge in [0.25, 0.3) is 0 Å². The number of sulfone groups is 1. The van der Waals surface area contributed by atoms with Gasteiger partial charge in [-0.05, 0) is 24.3 Å². The third kappa shape index (κ3) is 1.82. The molecule has 0 amide bonds. The van der Waals surface area contributed by atoms with Gasteiger partial charge in [0.2, 0.25) is 9.84 Å². The molecule has 2 aromatic rings. The van der Waals surface area contributed by atoms with Crippen LogP contribution in [0.5, 0.6) is 0 Å². The first-order valence-electron chi connectivity index (χ1n) is 5.97. The maximum Gasteiger partial charge on any atom is 0.208 e. The Morgan fingerprint density at radius 2 is 1.71 bits per heavy atom. The molecule has 0 bridgehead atoms. The Bertz CT molecular complexity index is 901. The molecule has 0 aliphatic carbocycles. The monoisotopic (exact) mass is 302 g/mol. The third-order valence-corrected chi connectivity index (χ3v) is 5.19. The molecule has 1 aliphatic heterocycles. The first-order chi connectivity index (χ1) is 9.96. The van der Waals surface area contributed by atoms with E-state index in [4.69, 9.17) is 10.9 Å². The molecule has 6 nitrogen and oxygen atoms in total. The lowest BCUT2D eigenvalue weighted by molar-refractivity contribution is 0.103. The maximum absolute atomic E-state index is 12.6. The average molecular weight is 302 g/mol. The predicted molar refractivity (Wildman–Crippen MR) is 74.3 cm³/mol. The van der Waals surface area contributed by atoms with Crippen molar-refractivity contribution in [3.63, 3.8) is 0 Å². The molecule has 3 rings (SSSR count). The fourth-order valence-electron chi connectivity index (χ4n) is 2.30. The van der Waals surface area contributed by atoms with E-state index in [9.17, 15) is 13.2 Å². The number of oxime groups is 1. The van der Waals surface area contributed by atoms with Crippen molar-refractivity contribution >= 4 is 21.5 Å². The predicted octanol–water partition coefficient (Wildman–Crippen LogP) is 1.16. The van der Waals surface area contributed by atoms with Crippen molar-refractivity contribution in [1.82, 2.24) is 0 Å². The average Bonchev–Trinajstić information content (AvgIpc) is 2.52. The molecule has 0 saturated carbocycles. The van der Waals surface area contributed by atoms with Gasteiger partial charge in [0.1, 0.15) is 0 Å². The summed E-state index contributed by atoms with van der Waals surface area (Å²) in [5, 5.41) is 11.5. The molecule has 0 spiro atoms. The van der Waals surface area contributed by atoms with E-state index in [0.29, 0.717) is 0 Å². The zero-order valence-electron chi connectivity index (χ0n) is 10.6. The topological polar surface area (TPSA) is 110 Å². The van der Waals surface area contributed by atoms with Crippen LogP contribution in [0, 0.1) is 0 Å². The van der Waals surface area contributed by atoms with Crippen molar-refractivity contribution in [2.24, 2.45) is 10.9 Å². The molecular formula is C14H10N2O4S. The maximum atomic E-state index is 12.6. The van der Waals surface area contributed by atoms with Gasteiger partial charge in [-0.3, -0.25) is 4.79 Å². The fraction of sp³-hybridized carbons (Fsp3) is 0. The number of ketones is 1. The van der Waals surface area contributed by atoms with Crippen molar-refractivity contribution in [2.75, 3.05) is 0 Å². The van der Waals surface area contributed by atoms with Gasteiger partial charge in [-0.15, -0.1) is 0 Å². The van der Waals surface area contributed by atoms with E-state index in [1.54, 1.807) is 12.1 Å². The second kappa shape index (κ2) is 4.42. The SMILES string of the molecule is N/C(=N\O)c1ccc2c(c1)S(=O)(=O)c1ccccc1C2=O. The summed E-state index contributed by atoms with van der Waals surface area (Å²) in [6.45, 7) is 0. The Labute approximate surface area is 120 Å². The van der Waals surface area contributed by atoms with E-state index >= 15 is 0 Å². The normalized spacial score (nSPS) is 16.2. The zero-order chi connectivity index (χ0) is 15.2. The zero-order valence-corrected chi connectivity index (χ0v) is 11.5. The second-order valence-electron chi connectivity index (χ2n) is 4.52. The molecule has 1 heterocycles. The molecule has 3 N–H and O–H groups in total. The summed E-state index contributed by atoms with van der Waals surface area (Å²) in [4.78, 5) is 12.2. The summed E-state index contributed by atoms with van der Waals surface area (Å²) in [5.41, 5.74) is 5.93. The number of amidine groups is 1. The van der Waals surface area contributed by atoms with E-state index in [2.05, 4.69) is 5.16 Å². The summed E-state index contributed by atoms with van der Waals surface area (Å²) in [6.07, 6.45) is 0. The minimum Gasteiger partial charge on any atom is -0.409 e. The van der Waals surface area contributed by atoms with Crippen molar-refractivity contribution < 1.29 is 18.4 Å². The van der Waals surface area contributed by atoms with Gasteiger partial charge in [0.15, 0.2) is 11.6 Å². The molecule has 7 heteroatoms. The molecule has 21 heavy (non-hydrogen) atoms. The molecule has 0 fully saturated rings. The van der Waals surface area contributed by atoms with Gasteiger partial charge in [0.05, 0.1) is 9.79 Å². The summed E-state index contributed by atoms with van der Waals surface area (Å²) < 4.78 is 25.2. The molecule has 1 aliphatic rings.